The fourth-order valence-electron chi connectivity index (χ4n) is 3.06. The molecule has 0 saturated carbocycles. The van der Waals surface area contributed by atoms with Gasteiger partial charge in [-0.1, -0.05) is 12.1 Å². The molecule has 2 heterocycles. The fraction of sp³-hybridized carbons (Fsp3) is 0.176. The van der Waals surface area contributed by atoms with E-state index in [0.717, 1.165) is 5.56 Å². The standard InChI is InChI=1S/C17H11BrFNO3/c18-14-7-10(19)5-9-6-11(23-15(9)14)8-20-16(21)12-3-1-2-4-13(12)17(20)22/h1-5,7,11H,6,8H2. The molecule has 2 aliphatic rings. The summed E-state index contributed by atoms with van der Waals surface area (Å²) in [4.78, 5) is 25.9. The summed E-state index contributed by atoms with van der Waals surface area (Å²) in [6.45, 7) is 0.148. The smallest absolute Gasteiger partial charge is 0.261 e. The summed E-state index contributed by atoms with van der Waals surface area (Å²) in [5.74, 6) is -0.389. The molecule has 0 spiro atoms. The van der Waals surface area contributed by atoms with Crippen LogP contribution in [0.25, 0.3) is 0 Å². The Morgan fingerprint density at radius 2 is 1.83 bits per heavy atom. The fourth-order valence-corrected chi connectivity index (χ4v) is 3.63. The SMILES string of the molecule is O=C1c2ccccc2C(=O)N1CC1Cc2cc(F)cc(Br)c2O1. The lowest BCUT2D eigenvalue weighted by atomic mass is 10.1. The molecule has 1 unspecified atom stereocenters. The van der Waals surface area contributed by atoms with Gasteiger partial charge in [-0.2, -0.15) is 0 Å². The average Bonchev–Trinajstić information content (AvgIpc) is 3.03. The van der Waals surface area contributed by atoms with Gasteiger partial charge in [-0.05, 0) is 40.2 Å². The van der Waals surface area contributed by atoms with Crippen LogP contribution in [0.15, 0.2) is 40.9 Å². The van der Waals surface area contributed by atoms with Crippen LogP contribution in [0.5, 0.6) is 5.75 Å². The van der Waals surface area contributed by atoms with Crippen molar-refractivity contribution in [2.75, 3.05) is 6.54 Å². The second kappa shape index (κ2) is 5.16. The summed E-state index contributed by atoms with van der Waals surface area (Å²) >= 11 is 3.27. The summed E-state index contributed by atoms with van der Waals surface area (Å²) in [7, 11) is 0. The maximum absolute atomic E-state index is 13.5. The van der Waals surface area contributed by atoms with Crippen LogP contribution in [-0.2, 0) is 6.42 Å². The van der Waals surface area contributed by atoms with Crippen molar-refractivity contribution in [3.8, 4) is 5.75 Å². The molecular formula is C17H11BrFNO3. The van der Waals surface area contributed by atoms with Crippen LogP contribution in [0.3, 0.4) is 0 Å². The van der Waals surface area contributed by atoms with E-state index in [0.29, 0.717) is 27.8 Å². The summed E-state index contributed by atoms with van der Waals surface area (Å²) in [5, 5.41) is 0. The Morgan fingerprint density at radius 1 is 1.17 bits per heavy atom. The molecule has 0 aromatic heterocycles. The van der Waals surface area contributed by atoms with Crippen molar-refractivity contribution in [3.63, 3.8) is 0 Å². The van der Waals surface area contributed by atoms with Gasteiger partial charge in [0.2, 0.25) is 0 Å². The lowest BCUT2D eigenvalue weighted by Crippen LogP contribution is -2.38. The third kappa shape index (κ3) is 2.25. The second-order valence-electron chi connectivity index (χ2n) is 5.59. The quantitative estimate of drug-likeness (QED) is 0.757. The Bertz CT molecular complexity index is 817. The van der Waals surface area contributed by atoms with Gasteiger partial charge in [0, 0.05) is 12.0 Å². The molecule has 0 N–H and O–H groups in total. The molecule has 0 saturated heterocycles. The van der Waals surface area contributed by atoms with Crippen molar-refractivity contribution < 1.29 is 18.7 Å². The predicted octanol–water partition coefficient (Wildman–Crippen LogP) is 3.19. The Morgan fingerprint density at radius 3 is 2.48 bits per heavy atom. The van der Waals surface area contributed by atoms with Crippen LogP contribution >= 0.6 is 15.9 Å². The first kappa shape index (κ1) is 14.4. The molecule has 0 radical (unpaired) electrons. The number of hydrogen-bond donors (Lipinski definition) is 0. The van der Waals surface area contributed by atoms with Gasteiger partial charge in [-0.25, -0.2) is 4.39 Å². The lowest BCUT2D eigenvalue weighted by Gasteiger charge is -2.18. The van der Waals surface area contributed by atoms with Crippen molar-refractivity contribution in [3.05, 3.63) is 63.4 Å². The second-order valence-corrected chi connectivity index (χ2v) is 6.44. The largest absolute Gasteiger partial charge is 0.487 e. The first-order valence-electron chi connectivity index (χ1n) is 7.14. The van der Waals surface area contributed by atoms with E-state index in [2.05, 4.69) is 15.9 Å². The van der Waals surface area contributed by atoms with Crippen LogP contribution in [0.2, 0.25) is 0 Å². The summed E-state index contributed by atoms with van der Waals surface area (Å²) in [6, 6.07) is 9.51. The van der Waals surface area contributed by atoms with Crippen molar-refractivity contribution in [2.24, 2.45) is 0 Å². The molecule has 1 atom stereocenters. The van der Waals surface area contributed by atoms with E-state index in [1.165, 1.54) is 17.0 Å². The first-order valence-corrected chi connectivity index (χ1v) is 7.93. The van der Waals surface area contributed by atoms with E-state index >= 15 is 0 Å². The van der Waals surface area contributed by atoms with Gasteiger partial charge in [-0.3, -0.25) is 14.5 Å². The number of imide groups is 1. The van der Waals surface area contributed by atoms with Gasteiger partial charge in [0.1, 0.15) is 17.7 Å². The van der Waals surface area contributed by atoms with Crippen LogP contribution in [-0.4, -0.2) is 29.4 Å². The number of rotatable bonds is 2. The van der Waals surface area contributed by atoms with E-state index in [4.69, 9.17) is 4.74 Å². The van der Waals surface area contributed by atoms with Gasteiger partial charge in [0.05, 0.1) is 22.1 Å². The number of ether oxygens (including phenoxy) is 1. The first-order chi connectivity index (χ1) is 11.0. The summed E-state index contributed by atoms with van der Waals surface area (Å²) in [5.41, 5.74) is 1.57. The minimum Gasteiger partial charge on any atom is -0.487 e. The number of carbonyl (C=O) groups excluding carboxylic acids is 2. The molecular weight excluding hydrogens is 365 g/mol. The third-order valence-electron chi connectivity index (χ3n) is 4.08. The van der Waals surface area contributed by atoms with Gasteiger partial charge >= 0.3 is 0 Å². The molecule has 0 aliphatic carbocycles. The molecule has 4 nitrogen and oxygen atoms in total. The molecule has 23 heavy (non-hydrogen) atoms. The highest BCUT2D eigenvalue weighted by molar-refractivity contribution is 9.10. The monoisotopic (exact) mass is 375 g/mol. The molecule has 116 valence electrons. The number of halogens is 2. The highest BCUT2D eigenvalue weighted by atomic mass is 79.9. The van der Waals surface area contributed by atoms with Crippen molar-refractivity contribution in [1.29, 1.82) is 0 Å². The maximum atomic E-state index is 13.5. The number of hydrogen-bond acceptors (Lipinski definition) is 3. The zero-order valence-corrected chi connectivity index (χ0v) is 13.5. The van der Waals surface area contributed by atoms with E-state index in [1.54, 1.807) is 24.3 Å². The minimum atomic E-state index is -0.370. The Labute approximate surface area is 140 Å². The summed E-state index contributed by atoms with van der Waals surface area (Å²) < 4.78 is 19.8. The molecule has 2 aromatic carbocycles. The van der Waals surface area contributed by atoms with Crippen molar-refractivity contribution in [2.45, 2.75) is 12.5 Å². The maximum Gasteiger partial charge on any atom is 0.261 e. The minimum absolute atomic E-state index is 0.148. The normalized spacial score (nSPS) is 18.9. The molecule has 0 fully saturated rings. The average molecular weight is 376 g/mol. The van der Waals surface area contributed by atoms with E-state index in [9.17, 15) is 14.0 Å². The molecule has 2 amide bonds. The van der Waals surface area contributed by atoms with Crippen LogP contribution in [0, 0.1) is 5.82 Å². The Balaban J connectivity index is 1.56. The van der Waals surface area contributed by atoms with Crippen LogP contribution in [0.4, 0.5) is 4.39 Å². The molecule has 4 rings (SSSR count). The number of fused-ring (bicyclic) bond motifs is 2. The van der Waals surface area contributed by atoms with E-state index in [1.807, 2.05) is 0 Å². The molecule has 6 heteroatoms. The number of benzene rings is 2. The van der Waals surface area contributed by atoms with Gasteiger partial charge in [0.25, 0.3) is 11.8 Å². The highest BCUT2D eigenvalue weighted by Gasteiger charge is 2.38. The van der Waals surface area contributed by atoms with Crippen LogP contribution in [0.1, 0.15) is 26.3 Å². The zero-order valence-electron chi connectivity index (χ0n) is 11.9. The van der Waals surface area contributed by atoms with Gasteiger partial charge in [0.15, 0.2) is 0 Å². The topological polar surface area (TPSA) is 46.6 Å². The van der Waals surface area contributed by atoms with Crippen molar-refractivity contribution >= 4 is 27.7 Å². The zero-order chi connectivity index (χ0) is 16.1. The van der Waals surface area contributed by atoms with E-state index < -0.39 is 0 Å². The third-order valence-corrected chi connectivity index (χ3v) is 4.67. The summed E-state index contributed by atoms with van der Waals surface area (Å²) in [6.07, 6.45) is 0.0874. The number of carbonyl (C=O) groups is 2. The Kier molecular flexibility index (Phi) is 3.23. The predicted molar refractivity (Wildman–Crippen MR) is 84.0 cm³/mol. The van der Waals surface area contributed by atoms with Gasteiger partial charge < -0.3 is 4.74 Å². The van der Waals surface area contributed by atoms with Crippen molar-refractivity contribution in [1.82, 2.24) is 4.90 Å². The van der Waals surface area contributed by atoms with E-state index in [-0.39, 0.29) is 30.3 Å². The number of nitrogens with zero attached hydrogens (tertiary/aromatic N) is 1. The van der Waals surface area contributed by atoms with Gasteiger partial charge in [-0.15, -0.1) is 0 Å². The van der Waals surface area contributed by atoms with Crippen LogP contribution < -0.4 is 4.74 Å². The molecule has 2 aliphatic heterocycles. The number of amides is 2. The molecule has 0 bridgehead atoms. The highest BCUT2D eigenvalue weighted by Crippen LogP contribution is 2.37. The Hall–Kier alpha value is -2.21. The lowest BCUT2D eigenvalue weighted by molar-refractivity contribution is 0.0587. The molecule has 2 aromatic rings.